The number of nitrogens with zero attached hydrogens (tertiary/aromatic N) is 1. The minimum absolute atomic E-state index is 0.123. The predicted octanol–water partition coefficient (Wildman–Crippen LogP) is 1.21. The van der Waals surface area contributed by atoms with Crippen LogP contribution >= 0.6 is 11.6 Å². The molecule has 1 atom stereocenters. The van der Waals surface area contributed by atoms with Crippen LogP contribution in [0.3, 0.4) is 0 Å². The van der Waals surface area contributed by atoms with Crippen molar-refractivity contribution in [1.29, 1.82) is 0 Å². The molecule has 0 spiro atoms. The molecular weight excluding hydrogens is 292 g/mol. The highest BCUT2D eigenvalue weighted by molar-refractivity contribution is 6.31. The van der Waals surface area contributed by atoms with E-state index in [1.807, 2.05) is 17.0 Å². The lowest BCUT2D eigenvalue weighted by atomic mass is 10.1. The van der Waals surface area contributed by atoms with Crippen LogP contribution in [-0.4, -0.2) is 55.3 Å². The van der Waals surface area contributed by atoms with Gasteiger partial charge in [0, 0.05) is 43.2 Å². The Morgan fingerprint density at radius 1 is 1.38 bits per heavy atom. The second kappa shape index (κ2) is 8.34. The minimum Gasteiger partial charge on any atom is -0.387 e. The highest BCUT2D eigenvalue weighted by atomic mass is 35.5. The van der Waals surface area contributed by atoms with E-state index < -0.39 is 6.10 Å². The summed E-state index contributed by atoms with van der Waals surface area (Å²) in [6.07, 6.45) is -0.243. The standard InChI is InChI=1S/C15H21ClN2O3/c16-13-4-2-1-3-12(13)14(19)11-17-6-5-15(20)18-7-9-21-10-8-18/h1-4,14,17,19H,5-11H2. The Morgan fingerprint density at radius 2 is 2.10 bits per heavy atom. The first-order chi connectivity index (χ1) is 10.2. The number of aliphatic hydroxyl groups is 1. The van der Waals surface area contributed by atoms with E-state index in [0.717, 1.165) is 0 Å². The molecule has 1 aromatic rings. The van der Waals surface area contributed by atoms with Crippen molar-refractivity contribution in [2.75, 3.05) is 39.4 Å². The van der Waals surface area contributed by atoms with Gasteiger partial charge in [-0.05, 0) is 6.07 Å². The molecule has 1 aliphatic rings. The average molecular weight is 313 g/mol. The fourth-order valence-corrected chi connectivity index (χ4v) is 2.52. The van der Waals surface area contributed by atoms with Gasteiger partial charge in [-0.25, -0.2) is 0 Å². The second-order valence-corrected chi connectivity index (χ2v) is 5.39. The van der Waals surface area contributed by atoms with Gasteiger partial charge in [0.1, 0.15) is 0 Å². The fourth-order valence-electron chi connectivity index (χ4n) is 2.26. The van der Waals surface area contributed by atoms with Gasteiger partial charge in [0.15, 0.2) is 0 Å². The van der Waals surface area contributed by atoms with Crippen molar-refractivity contribution in [1.82, 2.24) is 10.2 Å². The van der Waals surface area contributed by atoms with Crippen molar-refractivity contribution < 1.29 is 14.6 Å². The van der Waals surface area contributed by atoms with Gasteiger partial charge in [-0.3, -0.25) is 4.79 Å². The molecule has 2 N–H and O–H groups in total. The molecule has 1 unspecified atom stereocenters. The first kappa shape index (κ1) is 16.2. The van der Waals surface area contributed by atoms with Crippen molar-refractivity contribution in [2.45, 2.75) is 12.5 Å². The maximum Gasteiger partial charge on any atom is 0.224 e. The Bertz CT molecular complexity index is 464. The van der Waals surface area contributed by atoms with Crippen molar-refractivity contribution in [2.24, 2.45) is 0 Å². The van der Waals surface area contributed by atoms with Crippen LogP contribution in [0.2, 0.25) is 5.02 Å². The zero-order valence-corrected chi connectivity index (χ0v) is 12.7. The summed E-state index contributed by atoms with van der Waals surface area (Å²) >= 11 is 6.02. The highest BCUT2D eigenvalue weighted by Crippen LogP contribution is 2.21. The summed E-state index contributed by atoms with van der Waals surface area (Å²) in [5.74, 6) is 0.123. The first-order valence-corrected chi connectivity index (χ1v) is 7.55. The predicted molar refractivity (Wildman–Crippen MR) is 81.3 cm³/mol. The average Bonchev–Trinajstić information content (AvgIpc) is 2.52. The normalized spacial score (nSPS) is 16.8. The molecule has 0 radical (unpaired) electrons. The van der Waals surface area contributed by atoms with Gasteiger partial charge in [-0.15, -0.1) is 0 Å². The third kappa shape index (κ3) is 4.97. The minimum atomic E-state index is -0.669. The molecule has 1 amide bonds. The van der Waals surface area contributed by atoms with Gasteiger partial charge in [-0.2, -0.15) is 0 Å². The number of rotatable bonds is 6. The lowest BCUT2D eigenvalue weighted by Gasteiger charge is -2.27. The molecule has 5 nitrogen and oxygen atoms in total. The van der Waals surface area contributed by atoms with Crippen molar-refractivity contribution in [3.05, 3.63) is 34.9 Å². The smallest absolute Gasteiger partial charge is 0.224 e. The largest absolute Gasteiger partial charge is 0.387 e. The number of halogens is 1. The van der Waals surface area contributed by atoms with Crippen LogP contribution in [0, 0.1) is 0 Å². The molecule has 2 rings (SSSR count). The molecule has 0 aliphatic carbocycles. The SMILES string of the molecule is O=C(CCNCC(O)c1ccccc1Cl)N1CCOCC1. The summed E-state index contributed by atoms with van der Waals surface area (Å²) in [4.78, 5) is 13.7. The quantitative estimate of drug-likeness (QED) is 0.775. The number of carbonyl (C=O) groups excluding carboxylic acids is 1. The molecule has 116 valence electrons. The Morgan fingerprint density at radius 3 is 2.81 bits per heavy atom. The van der Waals surface area contributed by atoms with Crippen molar-refractivity contribution in [3.8, 4) is 0 Å². The van der Waals surface area contributed by atoms with Gasteiger partial charge in [-0.1, -0.05) is 29.8 Å². The van der Waals surface area contributed by atoms with Crippen LogP contribution in [-0.2, 0) is 9.53 Å². The zero-order valence-electron chi connectivity index (χ0n) is 11.9. The van der Waals surface area contributed by atoms with E-state index in [4.69, 9.17) is 16.3 Å². The number of benzene rings is 1. The van der Waals surface area contributed by atoms with Gasteiger partial charge in [0.2, 0.25) is 5.91 Å². The lowest BCUT2D eigenvalue weighted by Crippen LogP contribution is -2.41. The van der Waals surface area contributed by atoms with Crippen molar-refractivity contribution in [3.63, 3.8) is 0 Å². The maximum atomic E-state index is 11.9. The number of hydrogen-bond donors (Lipinski definition) is 2. The molecule has 1 saturated heterocycles. The number of amides is 1. The van der Waals surface area contributed by atoms with Crippen LogP contribution in [0.15, 0.2) is 24.3 Å². The van der Waals surface area contributed by atoms with Crippen LogP contribution in [0.4, 0.5) is 0 Å². The molecule has 1 fully saturated rings. The number of nitrogens with one attached hydrogen (secondary N) is 1. The summed E-state index contributed by atoms with van der Waals surface area (Å²) in [6, 6.07) is 7.22. The Hall–Kier alpha value is -1.14. The number of carbonyl (C=O) groups is 1. The molecule has 1 aromatic carbocycles. The van der Waals surface area contributed by atoms with E-state index in [2.05, 4.69) is 5.32 Å². The molecule has 0 aromatic heterocycles. The summed E-state index contributed by atoms with van der Waals surface area (Å²) < 4.78 is 5.21. The first-order valence-electron chi connectivity index (χ1n) is 7.17. The monoisotopic (exact) mass is 312 g/mol. The molecule has 1 aliphatic heterocycles. The Balaban J connectivity index is 1.67. The van der Waals surface area contributed by atoms with Crippen LogP contribution < -0.4 is 5.32 Å². The molecular formula is C15H21ClN2O3. The summed E-state index contributed by atoms with van der Waals surface area (Å²) in [7, 11) is 0. The highest BCUT2D eigenvalue weighted by Gasteiger charge is 2.16. The Labute approximate surface area is 129 Å². The molecule has 0 bridgehead atoms. The van der Waals surface area contributed by atoms with E-state index >= 15 is 0 Å². The van der Waals surface area contributed by atoms with E-state index in [1.54, 1.807) is 12.1 Å². The van der Waals surface area contributed by atoms with Gasteiger partial charge in [0.05, 0.1) is 19.3 Å². The zero-order chi connectivity index (χ0) is 15.1. The summed E-state index contributed by atoms with van der Waals surface area (Å²) in [6.45, 7) is 3.48. The second-order valence-electron chi connectivity index (χ2n) is 4.98. The van der Waals surface area contributed by atoms with Crippen molar-refractivity contribution >= 4 is 17.5 Å². The summed E-state index contributed by atoms with van der Waals surface area (Å²) in [5, 5.41) is 13.7. The molecule has 21 heavy (non-hydrogen) atoms. The third-order valence-electron chi connectivity index (χ3n) is 3.48. The number of hydrogen-bond acceptors (Lipinski definition) is 4. The van der Waals surface area contributed by atoms with Crippen LogP contribution in [0.25, 0.3) is 0 Å². The van der Waals surface area contributed by atoms with Gasteiger partial charge in [0.25, 0.3) is 0 Å². The van der Waals surface area contributed by atoms with Crippen LogP contribution in [0.1, 0.15) is 18.1 Å². The van der Waals surface area contributed by atoms with E-state index in [1.165, 1.54) is 0 Å². The number of morpholine rings is 1. The lowest BCUT2D eigenvalue weighted by molar-refractivity contribution is -0.135. The molecule has 6 heteroatoms. The summed E-state index contributed by atoms with van der Waals surface area (Å²) in [5.41, 5.74) is 0.700. The fraction of sp³-hybridized carbons (Fsp3) is 0.533. The van der Waals surface area contributed by atoms with E-state index in [9.17, 15) is 9.90 Å². The number of ether oxygens (including phenoxy) is 1. The molecule has 1 heterocycles. The van der Waals surface area contributed by atoms with Gasteiger partial charge >= 0.3 is 0 Å². The van der Waals surface area contributed by atoms with Gasteiger partial charge < -0.3 is 20.1 Å². The third-order valence-corrected chi connectivity index (χ3v) is 3.83. The van der Waals surface area contributed by atoms with Crippen LogP contribution in [0.5, 0.6) is 0 Å². The maximum absolute atomic E-state index is 11.9. The van der Waals surface area contributed by atoms with E-state index in [0.29, 0.717) is 56.4 Å². The topological polar surface area (TPSA) is 61.8 Å². The molecule has 0 saturated carbocycles. The number of aliphatic hydroxyl groups excluding tert-OH is 1. The van der Waals surface area contributed by atoms with E-state index in [-0.39, 0.29) is 5.91 Å². The Kier molecular flexibility index (Phi) is 6.45.